The molecule has 4 nitrogen and oxygen atoms in total. The number of rotatable bonds is 2. The Morgan fingerprint density at radius 1 is 1.15 bits per heavy atom. The Kier molecular flexibility index (Phi) is 2.91. The quantitative estimate of drug-likeness (QED) is 0.924. The lowest BCUT2D eigenvalue weighted by Crippen LogP contribution is -2.03. The monoisotopic (exact) mass is 306 g/mol. The molecule has 0 bridgehead atoms. The Labute approximate surface area is 126 Å². The molecule has 1 N–H and O–H groups in total. The van der Waals surface area contributed by atoms with Crippen molar-refractivity contribution in [2.24, 2.45) is 0 Å². The molecular formula is C14H12Cl2N4. The predicted molar refractivity (Wildman–Crippen MR) is 77.8 cm³/mol. The third kappa shape index (κ3) is 2.08. The summed E-state index contributed by atoms with van der Waals surface area (Å²) < 4.78 is 0. The maximum Gasteiger partial charge on any atom is 0.180 e. The fraction of sp³-hybridized carbons (Fsp3) is 0.357. The van der Waals surface area contributed by atoms with Crippen molar-refractivity contribution < 1.29 is 0 Å². The molecule has 2 aliphatic rings. The zero-order valence-corrected chi connectivity index (χ0v) is 12.2. The van der Waals surface area contributed by atoms with Crippen LogP contribution in [0.5, 0.6) is 0 Å². The first-order valence-corrected chi connectivity index (χ1v) is 7.40. The number of pyridine rings is 1. The normalized spacial score (nSPS) is 17.3. The molecule has 2 aromatic rings. The summed E-state index contributed by atoms with van der Waals surface area (Å²) in [5, 5.41) is 4.34. The average Bonchev–Trinajstić information content (AvgIpc) is 3.15. The fourth-order valence-corrected chi connectivity index (χ4v) is 3.04. The Balaban J connectivity index is 1.88. The zero-order chi connectivity index (χ0) is 13.7. The molecule has 0 spiro atoms. The van der Waals surface area contributed by atoms with E-state index in [0.717, 1.165) is 18.8 Å². The van der Waals surface area contributed by atoms with E-state index >= 15 is 0 Å². The van der Waals surface area contributed by atoms with Gasteiger partial charge in [0.05, 0.1) is 21.4 Å². The minimum Gasteiger partial charge on any atom is -0.307 e. The van der Waals surface area contributed by atoms with E-state index in [2.05, 4.69) is 15.3 Å². The number of aromatic nitrogens is 3. The van der Waals surface area contributed by atoms with Gasteiger partial charge in [-0.05, 0) is 18.9 Å². The summed E-state index contributed by atoms with van der Waals surface area (Å²) in [6, 6.07) is 1.68. The second-order valence-corrected chi connectivity index (χ2v) is 6.06. The van der Waals surface area contributed by atoms with Gasteiger partial charge < -0.3 is 5.32 Å². The largest absolute Gasteiger partial charge is 0.307 e. The summed E-state index contributed by atoms with van der Waals surface area (Å²) in [6.45, 7) is 1.65. The predicted octanol–water partition coefficient (Wildman–Crippen LogP) is 3.33. The van der Waals surface area contributed by atoms with E-state index in [1.165, 1.54) is 24.1 Å². The van der Waals surface area contributed by atoms with E-state index in [1.54, 1.807) is 12.3 Å². The highest BCUT2D eigenvalue weighted by atomic mass is 35.5. The summed E-state index contributed by atoms with van der Waals surface area (Å²) in [7, 11) is 0. The number of fused-ring (bicyclic) bond motifs is 1. The van der Waals surface area contributed by atoms with Crippen molar-refractivity contribution in [1.82, 2.24) is 20.3 Å². The van der Waals surface area contributed by atoms with Gasteiger partial charge in [0.25, 0.3) is 0 Å². The summed E-state index contributed by atoms with van der Waals surface area (Å²) >= 11 is 12.1. The van der Waals surface area contributed by atoms with Gasteiger partial charge in [0, 0.05) is 30.8 Å². The molecular weight excluding hydrogens is 295 g/mol. The Morgan fingerprint density at radius 2 is 2.00 bits per heavy atom. The SMILES string of the molecule is Clc1cnc(-c2nc3c(c(C4CC4)n2)CNC3)c(Cl)c1. The Bertz CT molecular complexity index is 698. The average molecular weight is 307 g/mol. The Hall–Kier alpha value is -1.23. The maximum absolute atomic E-state index is 6.22. The smallest absolute Gasteiger partial charge is 0.180 e. The molecule has 1 aliphatic heterocycles. The third-order valence-electron chi connectivity index (χ3n) is 3.70. The summed E-state index contributed by atoms with van der Waals surface area (Å²) in [4.78, 5) is 13.6. The molecule has 0 radical (unpaired) electrons. The van der Waals surface area contributed by atoms with Crippen LogP contribution in [0.2, 0.25) is 10.0 Å². The molecule has 0 aromatic carbocycles. The zero-order valence-electron chi connectivity index (χ0n) is 10.7. The summed E-state index contributed by atoms with van der Waals surface area (Å²) in [6.07, 6.45) is 4.00. The van der Waals surface area contributed by atoms with Gasteiger partial charge in [-0.2, -0.15) is 0 Å². The molecule has 20 heavy (non-hydrogen) atoms. The lowest BCUT2D eigenvalue weighted by atomic mass is 10.1. The lowest BCUT2D eigenvalue weighted by molar-refractivity contribution is 0.755. The Morgan fingerprint density at radius 3 is 2.75 bits per heavy atom. The van der Waals surface area contributed by atoms with Crippen LogP contribution in [0.1, 0.15) is 35.7 Å². The third-order valence-corrected chi connectivity index (χ3v) is 4.20. The molecule has 0 amide bonds. The first kappa shape index (κ1) is 12.5. The topological polar surface area (TPSA) is 50.7 Å². The molecule has 4 rings (SSSR count). The molecule has 1 aliphatic carbocycles. The van der Waals surface area contributed by atoms with Crippen LogP contribution < -0.4 is 5.32 Å². The molecule has 0 atom stereocenters. The van der Waals surface area contributed by atoms with Crippen molar-refractivity contribution in [1.29, 1.82) is 0 Å². The lowest BCUT2D eigenvalue weighted by Gasteiger charge is -2.09. The van der Waals surface area contributed by atoms with Crippen LogP contribution in [-0.4, -0.2) is 15.0 Å². The van der Waals surface area contributed by atoms with Crippen LogP contribution in [0.3, 0.4) is 0 Å². The molecule has 102 valence electrons. The van der Waals surface area contributed by atoms with Crippen LogP contribution >= 0.6 is 23.2 Å². The highest BCUT2D eigenvalue weighted by Crippen LogP contribution is 2.42. The van der Waals surface area contributed by atoms with Gasteiger partial charge in [0.1, 0.15) is 5.69 Å². The van der Waals surface area contributed by atoms with Crippen molar-refractivity contribution in [2.45, 2.75) is 31.8 Å². The standard InChI is InChI=1S/C14H12Cl2N4/c15-8-3-10(16)13(18-4-8)14-19-11-6-17-5-9(11)12(20-14)7-1-2-7/h3-4,7,17H,1-2,5-6H2. The first-order chi connectivity index (χ1) is 9.72. The van der Waals surface area contributed by atoms with Crippen LogP contribution in [0.25, 0.3) is 11.5 Å². The number of halogens is 2. The number of hydrogen-bond acceptors (Lipinski definition) is 4. The summed E-state index contributed by atoms with van der Waals surface area (Å²) in [5.41, 5.74) is 4.11. The first-order valence-electron chi connectivity index (χ1n) is 6.64. The molecule has 0 saturated heterocycles. The number of hydrogen-bond donors (Lipinski definition) is 1. The van der Waals surface area contributed by atoms with Gasteiger partial charge in [-0.3, -0.25) is 0 Å². The number of nitrogens with one attached hydrogen (secondary N) is 1. The van der Waals surface area contributed by atoms with E-state index < -0.39 is 0 Å². The molecule has 1 saturated carbocycles. The highest BCUT2D eigenvalue weighted by Gasteiger charge is 2.31. The van der Waals surface area contributed by atoms with Gasteiger partial charge in [0.2, 0.25) is 0 Å². The van der Waals surface area contributed by atoms with Crippen molar-refractivity contribution >= 4 is 23.2 Å². The molecule has 6 heteroatoms. The van der Waals surface area contributed by atoms with E-state index in [9.17, 15) is 0 Å². The highest BCUT2D eigenvalue weighted by molar-refractivity contribution is 6.35. The van der Waals surface area contributed by atoms with Crippen LogP contribution in [0.15, 0.2) is 12.3 Å². The molecule has 3 heterocycles. The van der Waals surface area contributed by atoms with E-state index in [4.69, 9.17) is 28.2 Å². The van der Waals surface area contributed by atoms with Crippen LogP contribution in [0, 0.1) is 0 Å². The molecule has 2 aromatic heterocycles. The minimum atomic E-state index is 0.491. The van der Waals surface area contributed by atoms with E-state index in [-0.39, 0.29) is 0 Å². The van der Waals surface area contributed by atoms with Crippen molar-refractivity contribution in [3.05, 3.63) is 39.3 Å². The van der Waals surface area contributed by atoms with Crippen molar-refractivity contribution in [2.75, 3.05) is 0 Å². The second-order valence-electron chi connectivity index (χ2n) is 5.22. The van der Waals surface area contributed by atoms with Gasteiger partial charge >= 0.3 is 0 Å². The maximum atomic E-state index is 6.22. The summed E-state index contributed by atoms with van der Waals surface area (Å²) in [5.74, 6) is 1.19. The number of nitrogens with zero attached hydrogens (tertiary/aromatic N) is 3. The van der Waals surface area contributed by atoms with Crippen LogP contribution in [-0.2, 0) is 13.1 Å². The van der Waals surface area contributed by atoms with Crippen molar-refractivity contribution in [3.63, 3.8) is 0 Å². The molecule has 0 unspecified atom stereocenters. The van der Waals surface area contributed by atoms with Crippen LogP contribution in [0.4, 0.5) is 0 Å². The van der Waals surface area contributed by atoms with Gasteiger partial charge in [-0.15, -0.1) is 0 Å². The second kappa shape index (κ2) is 4.65. The van der Waals surface area contributed by atoms with Gasteiger partial charge in [0.15, 0.2) is 5.82 Å². The minimum absolute atomic E-state index is 0.491. The van der Waals surface area contributed by atoms with E-state index in [0.29, 0.717) is 27.5 Å². The van der Waals surface area contributed by atoms with Gasteiger partial charge in [-0.25, -0.2) is 15.0 Å². The van der Waals surface area contributed by atoms with Crippen molar-refractivity contribution in [3.8, 4) is 11.5 Å². The van der Waals surface area contributed by atoms with Gasteiger partial charge in [-0.1, -0.05) is 23.2 Å². The fourth-order valence-electron chi connectivity index (χ4n) is 2.57. The molecule has 1 fully saturated rings. The van der Waals surface area contributed by atoms with E-state index in [1.807, 2.05) is 0 Å².